The summed E-state index contributed by atoms with van der Waals surface area (Å²) in [6.07, 6.45) is -3.62. The predicted octanol–water partition coefficient (Wildman–Crippen LogP) is 5.10. The molecule has 172 valence electrons. The number of para-hydroxylation sites is 1. The van der Waals surface area contributed by atoms with Crippen LogP contribution >= 0.6 is 11.3 Å². The van der Waals surface area contributed by atoms with Crippen molar-refractivity contribution in [1.82, 2.24) is 15.0 Å². The third-order valence-electron chi connectivity index (χ3n) is 6.37. The highest BCUT2D eigenvalue weighted by atomic mass is 32.1. The fraction of sp³-hybridized carbons (Fsp3) is 0.500. The molecule has 6 nitrogen and oxygen atoms in total. The van der Waals surface area contributed by atoms with Crippen LogP contribution in [0.5, 0.6) is 0 Å². The van der Waals surface area contributed by atoms with E-state index in [-0.39, 0.29) is 30.4 Å². The van der Waals surface area contributed by atoms with Crippen LogP contribution in [-0.2, 0) is 0 Å². The molecule has 0 spiro atoms. The van der Waals surface area contributed by atoms with Crippen molar-refractivity contribution in [3.63, 3.8) is 0 Å². The zero-order chi connectivity index (χ0) is 23.0. The Bertz CT molecular complexity index is 1070. The Kier molecular flexibility index (Phi) is 6.26. The van der Waals surface area contributed by atoms with E-state index in [1.54, 1.807) is 6.92 Å². The largest absolute Gasteiger partial charge is 0.405 e. The number of hydrogen-bond donors (Lipinski definition) is 3. The molecule has 2 heterocycles. The third kappa shape index (κ3) is 4.66. The molecule has 0 amide bonds. The number of aliphatic hydroxyl groups excluding tert-OH is 1. The van der Waals surface area contributed by atoms with Crippen LogP contribution in [0.15, 0.2) is 24.3 Å². The monoisotopic (exact) mass is 465 g/mol. The molecule has 32 heavy (non-hydrogen) atoms. The van der Waals surface area contributed by atoms with Gasteiger partial charge in [0.15, 0.2) is 0 Å². The second-order valence-electron chi connectivity index (χ2n) is 8.46. The van der Waals surface area contributed by atoms with E-state index in [0.29, 0.717) is 28.0 Å². The zero-order valence-electron chi connectivity index (χ0n) is 18.1. The minimum atomic E-state index is -4.37. The number of hydrogen-bond acceptors (Lipinski definition) is 7. The van der Waals surface area contributed by atoms with Crippen molar-refractivity contribution in [1.29, 1.82) is 0 Å². The number of nitrogens with one attached hydrogen (secondary N) is 2. The van der Waals surface area contributed by atoms with Gasteiger partial charge in [-0.15, -0.1) is 11.3 Å². The summed E-state index contributed by atoms with van der Waals surface area (Å²) in [6.45, 7) is 4.88. The van der Waals surface area contributed by atoms with Crippen LogP contribution in [0.25, 0.3) is 20.8 Å². The lowest BCUT2D eigenvalue weighted by Crippen LogP contribution is -2.26. The molecule has 0 aliphatic heterocycles. The highest BCUT2D eigenvalue weighted by Gasteiger charge is 2.38. The third-order valence-corrected chi connectivity index (χ3v) is 7.42. The highest BCUT2D eigenvalue weighted by Crippen LogP contribution is 2.41. The van der Waals surface area contributed by atoms with Crippen LogP contribution in [0.1, 0.15) is 26.0 Å². The van der Waals surface area contributed by atoms with Crippen LogP contribution in [0.4, 0.5) is 24.9 Å². The number of rotatable bonds is 6. The molecule has 10 heteroatoms. The Labute approximate surface area is 188 Å². The summed E-state index contributed by atoms with van der Waals surface area (Å²) in [7, 11) is 0. The molecule has 1 aromatic carbocycles. The van der Waals surface area contributed by atoms with Crippen molar-refractivity contribution in [2.24, 2.45) is 17.8 Å². The molecule has 0 unspecified atom stereocenters. The summed E-state index contributed by atoms with van der Waals surface area (Å²) >= 11 is 1.49. The van der Waals surface area contributed by atoms with Gasteiger partial charge in [-0.25, -0.2) is 9.97 Å². The Morgan fingerprint density at radius 2 is 1.88 bits per heavy atom. The number of thiazole rings is 1. The molecular weight excluding hydrogens is 439 g/mol. The van der Waals surface area contributed by atoms with Gasteiger partial charge in [-0.05, 0) is 43.2 Å². The second-order valence-corrected chi connectivity index (χ2v) is 9.49. The molecule has 4 rings (SSSR count). The number of anilines is 2. The van der Waals surface area contributed by atoms with Gasteiger partial charge < -0.3 is 15.7 Å². The first-order valence-electron chi connectivity index (χ1n) is 10.6. The number of aromatic nitrogens is 3. The highest BCUT2D eigenvalue weighted by molar-refractivity contribution is 7.21. The molecule has 4 atom stereocenters. The first-order valence-corrected chi connectivity index (χ1v) is 11.4. The summed E-state index contributed by atoms with van der Waals surface area (Å²) in [6, 6.07) is 7.78. The average Bonchev–Trinajstić information content (AvgIpc) is 3.27. The number of alkyl halides is 3. The van der Waals surface area contributed by atoms with Gasteiger partial charge in [-0.2, -0.15) is 18.2 Å². The molecule has 0 radical (unpaired) electrons. The Morgan fingerprint density at radius 3 is 2.53 bits per heavy atom. The Morgan fingerprint density at radius 1 is 1.12 bits per heavy atom. The quantitative estimate of drug-likeness (QED) is 0.470. The lowest BCUT2D eigenvalue weighted by molar-refractivity contribution is -0.115. The van der Waals surface area contributed by atoms with E-state index in [0.717, 1.165) is 16.6 Å². The van der Waals surface area contributed by atoms with Crippen molar-refractivity contribution >= 4 is 33.3 Å². The maximum absolute atomic E-state index is 12.7. The fourth-order valence-electron chi connectivity index (χ4n) is 4.33. The van der Waals surface area contributed by atoms with Crippen LogP contribution in [0.3, 0.4) is 0 Å². The van der Waals surface area contributed by atoms with Crippen LogP contribution < -0.4 is 10.6 Å². The molecule has 1 aliphatic rings. The Balaban J connectivity index is 1.74. The first kappa shape index (κ1) is 22.7. The van der Waals surface area contributed by atoms with Crippen LogP contribution in [-0.4, -0.2) is 45.4 Å². The van der Waals surface area contributed by atoms with Gasteiger partial charge in [0.05, 0.1) is 21.5 Å². The number of aliphatic hydroxyl groups is 1. The molecule has 2 aromatic heterocycles. The van der Waals surface area contributed by atoms with Crippen LogP contribution in [0, 0.1) is 24.7 Å². The fourth-order valence-corrected chi connectivity index (χ4v) is 5.39. The summed E-state index contributed by atoms with van der Waals surface area (Å²) in [5.74, 6) is 1.12. The van der Waals surface area contributed by atoms with E-state index < -0.39 is 12.7 Å². The Hall–Kier alpha value is -2.46. The molecule has 3 aromatic rings. The molecule has 1 fully saturated rings. The average molecular weight is 466 g/mol. The number of fused-ring (bicyclic) bond motifs is 1. The van der Waals surface area contributed by atoms with E-state index in [9.17, 15) is 18.3 Å². The SMILES string of the molecule is Cc1nc(NCC(F)(F)F)nc(N[C@@H]2C[C@H](CO)[C@@H](C)[C@H]2C)c1-c1nc2ccccc2s1. The van der Waals surface area contributed by atoms with Crippen molar-refractivity contribution in [3.05, 3.63) is 30.0 Å². The minimum Gasteiger partial charge on any atom is -0.396 e. The predicted molar refractivity (Wildman–Crippen MR) is 121 cm³/mol. The van der Waals surface area contributed by atoms with Crippen molar-refractivity contribution in [3.8, 4) is 10.6 Å². The second kappa shape index (κ2) is 8.82. The van der Waals surface area contributed by atoms with Crippen molar-refractivity contribution < 1.29 is 18.3 Å². The zero-order valence-corrected chi connectivity index (χ0v) is 18.9. The lowest BCUT2D eigenvalue weighted by atomic mass is 9.92. The standard InChI is InChI=1S/C22H26F3N5OS/c1-11-12(2)16(8-14(11)9-31)28-19-18(20-29-15-6-4-5-7-17(15)32-20)13(3)27-21(30-19)26-10-22(23,24)25/h4-7,11-12,14,16,31H,8-10H2,1-3H3,(H2,26,27,28,30)/t11-,12+,14+,16+/m0/s1. The van der Waals surface area contributed by atoms with Gasteiger partial charge in [0, 0.05) is 12.6 Å². The maximum atomic E-state index is 12.7. The first-order chi connectivity index (χ1) is 15.2. The topological polar surface area (TPSA) is 83.0 Å². The van der Waals surface area contributed by atoms with Gasteiger partial charge in [-0.1, -0.05) is 26.0 Å². The molecule has 0 bridgehead atoms. The van der Waals surface area contributed by atoms with Gasteiger partial charge in [-0.3, -0.25) is 0 Å². The molecule has 3 N–H and O–H groups in total. The number of halogens is 3. The van der Waals surface area contributed by atoms with Crippen LogP contribution in [0.2, 0.25) is 0 Å². The maximum Gasteiger partial charge on any atom is 0.405 e. The number of nitrogens with zero attached hydrogens (tertiary/aromatic N) is 3. The smallest absolute Gasteiger partial charge is 0.396 e. The lowest BCUT2D eigenvalue weighted by Gasteiger charge is -2.22. The van der Waals surface area contributed by atoms with E-state index in [2.05, 4.69) is 34.4 Å². The van der Waals surface area contributed by atoms with Crippen molar-refractivity contribution in [2.45, 2.75) is 39.4 Å². The number of benzene rings is 1. The van der Waals surface area contributed by atoms with Gasteiger partial charge in [0.2, 0.25) is 5.95 Å². The minimum absolute atomic E-state index is 0.0278. The van der Waals surface area contributed by atoms with Crippen molar-refractivity contribution in [2.75, 3.05) is 23.8 Å². The van der Waals surface area contributed by atoms with E-state index in [1.807, 2.05) is 24.3 Å². The summed E-state index contributed by atoms with van der Waals surface area (Å²) in [5.41, 5.74) is 2.08. The van der Waals surface area contributed by atoms with E-state index in [4.69, 9.17) is 4.98 Å². The number of aryl methyl sites for hydroxylation is 1. The van der Waals surface area contributed by atoms with Gasteiger partial charge in [0.1, 0.15) is 17.4 Å². The molecule has 0 saturated heterocycles. The van der Waals surface area contributed by atoms with E-state index >= 15 is 0 Å². The van der Waals surface area contributed by atoms with E-state index in [1.165, 1.54) is 11.3 Å². The van der Waals surface area contributed by atoms with Gasteiger partial charge >= 0.3 is 6.18 Å². The summed E-state index contributed by atoms with van der Waals surface area (Å²) in [4.78, 5) is 13.4. The normalized spacial score (nSPS) is 23.6. The molecular formula is C22H26F3N5OS. The summed E-state index contributed by atoms with van der Waals surface area (Å²) < 4.78 is 39.2. The summed E-state index contributed by atoms with van der Waals surface area (Å²) in [5, 5.41) is 16.2. The molecule has 1 saturated carbocycles. The molecule has 1 aliphatic carbocycles. The van der Waals surface area contributed by atoms with Gasteiger partial charge in [0.25, 0.3) is 0 Å².